The molecule has 184 valence electrons. The van der Waals surface area contributed by atoms with Crippen molar-refractivity contribution in [3.63, 3.8) is 0 Å². The van der Waals surface area contributed by atoms with Crippen LogP contribution >= 0.6 is 0 Å². The topological polar surface area (TPSA) is 161 Å². The van der Waals surface area contributed by atoms with Gasteiger partial charge in [-0.2, -0.15) is 5.26 Å². The number of carbonyl (C=O) groups excluding carboxylic acids is 1. The summed E-state index contributed by atoms with van der Waals surface area (Å²) in [5.41, 5.74) is 6.78. The van der Waals surface area contributed by atoms with Crippen molar-refractivity contribution in [2.45, 2.75) is 9.79 Å². The average Bonchev–Trinajstić information content (AvgIpc) is 3.22. The lowest BCUT2D eigenvalue weighted by Crippen LogP contribution is -2.16. The number of primary amides is 1. The minimum atomic E-state index is -4.09. The van der Waals surface area contributed by atoms with Crippen LogP contribution in [0.4, 0.5) is 5.69 Å². The van der Waals surface area contributed by atoms with Crippen LogP contribution in [-0.2, 0) is 19.9 Å². The Balaban J connectivity index is 1.92. The Kier molecular flexibility index (Phi) is 6.21. The van der Waals surface area contributed by atoms with E-state index in [-0.39, 0.29) is 32.5 Å². The molecule has 10 nitrogen and oxygen atoms in total. The van der Waals surface area contributed by atoms with E-state index in [1.165, 1.54) is 66.3 Å². The van der Waals surface area contributed by atoms with Crippen molar-refractivity contribution in [2.24, 2.45) is 5.73 Å². The van der Waals surface area contributed by atoms with E-state index in [4.69, 9.17) is 10.5 Å². The summed E-state index contributed by atoms with van der Waals surface area (Å²) in [5.74, 6) is -0.550. The minimum Gasteiger partial charge on any atom is -0.497 e. The molecule has 0 aliphatic carbocycles. The van der Waals surface area contributed by atoms with E-state index in [2.05, 4.69) is 4.72 Å². The van der Waals surface area contributed by atoms with Gasteiger partial charge in [-0.1, -0.05) is 12.1 Å². The summed E-state index contributed by atoms with van der Waals surface area (Å²) >= 11 is 0. The van der Waals surface area contributed by atoms with Gasteiger partial charge in [-0.25, -0.2) is 16.8 Å². The number of nitrogens with two attached hydrogens (primary N) is 1. The van der Waals surface area contributed by atoms with Gasteiger partial charge in [0.2, 0.25) is 19.9 Å². The maximum Gasteiger partial charge on any atom is 0.265 e. The van der Waals surface area contributed by atoms with E-state index in [1.807, 2.05) is 6.07 Å². The Morgan fingerprint density at radius 3 is 2.39 bits per heavy atom. The maximum atomic E-state index is 13.4. The molecule has 0 spiro atoms. The van der Waals surface area contributed by atoms with Crippen LogP contribution in [0.15, 0.2) is 76.5 Å². The summed E-state index contributed by atoms with van der Waals surface area (Å²) in [6, 6.07) is 17.9. The molecule has 4 rings (SSSR count). The molecule has 0 saturated carbocycles. The Morgan fingerprint density at radius 1 is 1.00 bits per heavy atom. The van der Waals surface area contributed by atoms with Crippen LogP contribution in [0.3, 0.4) is 0 Å². The van der Waals surface area contributed by atoms with Crippen molar-refractivity contribution in [1.82, 2.24) is 4.57 Å². The Labute approximate surface area is 207 Å². The number of nitrogens with zero attached hydrogens (tertiary/aromatic N) is 2. The SMILES string of the molecule is COc1cc(C#N)cc(S(=O)(=O)c2cccc(-n3c(C(N)=O)cc4ccc(NS(C)(=O)=O)cc43)c2)c1. The van der Waals surface area contributed by atoms with Crippen LogP contribution in [0.5, 0.6) is 5.75 Å². The Hall–Kier alpha value is -4.34. The summed E-state index contributed by atoms with van der Waals surface area (Å²) < 4.78 is 59.2. The third kappa shape index (κ3) is 4.74. The van der Waals surface area contributed by atoms with E-state index < -0.39 is 25.8 Å². The molecular weight excluding hydrogens is 504 g/mol. The van der Waals surface area contributed by atoms with Crippen molar-refractivity contribution in [2.75, 3.05) is 18.1 Å². The zero-order valence-corrected chi connectivity index (χ0v) is 20.7. The molecule has 0 aliphatic heterocycles. The normalized spacial score (nSPS) is 11.7. The number of aromatic nitrogens is 1. The highest BCUT2D eigenvalue weighted by Gasteiger charge is 2.22. The molecule has 0 fully saturated rings. The fourth-order valence-corrected chi connectivity index (χ4v) is 5.69. The van der Waals surface area contributed by atoms with Crippen LogP contribution in [0, 0.1) is 11.3 Å². The molecule has 4 aromatic rings. The molecule has 3 aromatic carbocycles. The number of nitriles is 1. The first-order valence-corrected chi connectivity index (χ1v) is 13.7. The zero-order chi connectivity index (χ0) is 26.3. The van der Waals surface area contributed by atoms with E-state index in [9.17, 15) is 26.9 Å². The summed E-state index contributed by atoms with van der Waals surface area (Å²) in [5, 5.41) is 9.86. The van der Waals surface area contributed by atoms with Gasteiger partial charge >= 0.3 is 0 Å². The number of rotatable bonds is 7. The van der Waals surface area contributed by atoms with Gasteiger partial charge in [0.25, 0.3) is 5.91 Å². The first-order chi connectivity index (χ1) is 16.9. The second-order valence-corrected chi connectivity index (χ2v) is 11.6. The number of fused-ring (bicyclic) bond motifs is 1. The molecule has 1 aromatic heterocycles. The van der Waals surface area contributed by atoms with Crippen molar-refractivity contribution in [3.05, 3.63) is 78.0 Å². The standard InChI is InChI=1S/C24H20N4O6S2/c1-34-19-8-15(14-25)9-21(13-19)36(32,33)20-5-3-4-18(12-20)28-22-11-17(27-35(2,30)31)7-6-16(22)10-23(28)24(26)29/h3-13,27H,1-2H3,(H2,26,29). The summed E-state index contributed by atoms with van der Waals surface area (Å²) in [6.07, 6.45) is 1.01. The van der Waals surface area contributed by atoms with Gasteiger partial charge in [0.05, 0.1) is 46.0 Å². The number of carbonyl (C=O) groups is 1. The third-order valence-corrected chi connectivity index (χ3v) is 7.64. The van der Waals surface area contributed by atoms with E-state index in [1.54, 1.807) is 12.1 Å². The Bertz CT molecular complexity index is 1790. The third-order valence-electron chi connectivity index (χ3n) is 5.30. The number of amides is 1. The first kappa shape index (κ1) is 24.8. The second-order valence-electron chi connectivity index (χ2n) is 7.89. The van der Waals surface area contributed by atoms with Crippen LogP contribution in [0.1, 0.15) is 16.1 Å². The molecule has 1 amide bonds. The molecule has 3 N–H and O–H groups in total. The smallest absolute Gasteiger partial charge is 0.265 e. The molecule has 1 heterocycles. The second kappa shape index (κ2) is 9.03. The quantitative estimate of drug-likeness (QED) is 0.376. The average molecular weight is 525 g/mol. The number of anilines is 1. The number of methoxy groups -OCH3 is 1. The lowest BCUT2D eigenvalue weighted by Gasteiger charge is -2.13. The fourth-order valence-electron chi connectivity index (χ4n) is 3.77. The largest absolute Gasteiger partial charge is 0.497 e. The molecule has 12 heteroatoms. The van der Waals surface area contributed by atoms with Crippen LogP contribution in [0.25, 0.3) is 16.6 Å². The number of benzene rings is 3. The van der Waals surface area contributed by atoms with Gasteiger partial charge < -0.3 is 15.0 Å². The van der Waals surface area contributed by atoms with Crippen molar-refractivity contribution >= 4 is 42.4 Å². The van der Waals surface area contributed by atoms with Crippen molar-refractivity contribution < 1.29 is 26.4 Å². The molecule has 0 unspecified atom stereocenters. The van der Waals surface area contributed by atoms with Crippen LogP contribution in [-0.4, -0.2) is 40.7 Å². The first-order valence-electron chi connectivity index (χ1n) is 10.3. The van der Waals surface area contributed by atoms with Gasteiger partial charge in [0.1, 0.15) is 11.4 Å². The monoisotopic (exact) mass is 524 g/mol. The number of nitrogens with one attached hydrogen (secondary N) is 1. The lowest BCUT2D eigenvalue weighted by atomic mass is 10.2. The lowest BCUT2D eigenvalue weighted by molar-refractivity contribution is 0.0994. The van der Waals surface area contributed by atoms with Gasteiger partial charge in [-0.3, -0.25) is 9.52 Å². The molecule has 0 saturated heterocycles. The minimum absolute atomic E-state index is 0.0733. The van der Waals surface area contributed by atoms with Crippen LogP contribution in [0.2, 0.25) is 0 Å². The highest BCUT2D eigenvalue weighted by molar-refractivity contribution is 7.92. The number of sulfonamides is 1. The Morgan fingerprint density at radius 2 is 1.75 bits per heavy atom. The van der Waals surface area contributed by atoms with E-state index >= 15 is 0 Å². The number of sulfone groups is 1. The van der Waals surface area contributed by atoms with Crippen LogP contribution < -0.4 is 15.2 Å². The van der Waals surface area contributed by atoms with Gasteiger partial charge in [-0.15, -0.1) is 0 Å². The van der Waals surface area contributed by atoms with E-state index in [0.717, 1.165) is 6.26 Å². The highest BCUT2D eigenvalue weighted by Crippen LogP contribution is 2.31. The van der Waals surface area contributed by atoms with Gasteiger partial charge in [-0.05, 0) is 54.6 Å². The van der Waals surface area contributed by atoms with Gasteiger partial charge in [0, 0.05) is 11.1 Å². The van der Waals surface area contributed by atoms with Gasteiger partial charge in [0.15, 0.2) is 0 Å². The summed E-state index contributed by atoms with van der Waals surface area (Å²) in [4.78, 5) is 12.0. The van der Waals surface area contributed by atoms with Crippen molar-refractivity contribution in [1.29, 1.82) is 5.26 Å². The molecule has 36 heavy (non-hydrogen) atoms. The predicted molar refractivity (Wildman–Crippen MR) is 133 cm³/mol. The summed E-state index contributed by atoms with van der Waals surface area (Å²) in [7, 11) is -6.29. The number of hydrogen-bond acceptors (Lipinski definition) is 7. The van der Waals surface area contributed by atoms with E-state index in [0.29, 0.717) is 16.6 Å². The highest BCUT2D eigenvalue weighted by atomic mass is 32.2. The summed E-state index contributed by atoms with van der Waals surface area (Å²) in [6.45, 7) is 0. The zero-order valence-electron chi connectivity index (χ0n) is 19.1. The fraction of sp³-hybridized carbons (Fsp3) is 0.0833. The maximum absolute atomic E-state index is 13.4. The molecule has 0 aliphatic rings. The number of hydrogen-bond donors (Lipinski definition) is 2. The number of ether oxygens (including phenoxy) is 1. The molecule has 0 bridgehead atoms. The predicted octanol–water partition coefficient (Wildman–Crippen LogP) is 2.81. The molecule has 0 radical (unpaired) electrons. The van der Waals surface area contributed by atoms with Crippen molar-refractivity contribution in [3.8, 4) is 17.5 Å². The molecular formula is C24H20N4O6S2. The molecule has 0 atom stereocenters.